The van der Waals surface area contributed by atoms with Gasteiger partial charge in [-0.25, -0.2) is 0 Å². The maximum Gasteiger partial charge on any atom is 0.290 e. The van der Waals surface area contributed by atoms with Gasteiger partial charge in [-0.2, -0.15) is 0 Å². The van der Waals surface area contributed by atoms with Crippen molar-refractivity contribution in [2.24, 2.45) is 5.41 Å². The largest absolute Gasteiger partial charge is 0.392 e. The lowest BCUT2D eigenvalue weighted by Crippen LogP contribution is -2.22. The number of aliphatic hydroxyl groups is 1. The fourth-order valence-corrected chi connectivity index (χ4v) is 2.13. The first-order valence-corrected chi connectivity index (χ1v) is 5.05. The fourth-order valence-electron chi connectivity index (χ4n) is 1.16. The zero-order valence-electron chi connectivity index (χ0n) is 8.38. The number of carbonyl (C=O) groups is 2. The van der Waals surface area contributed by atoms with E-state index >= 15 is 0 Å². The number of aliphatic hydroxyl groups excluding tert-OH is 1. The van der Waals surface area contributed by atoms with Crippen LogP contribution in [0.2, 0.25) is 0 Å². The van der Waals surface area contributed by atoms with Gasteiger partial charge in [-0.15, -0.1) is 0 Å². The minimum Gasteiger partial charge on any atom is -0.392 e. The van der Waals surface area contributed by atoms with Gasteiger partial charge < -0.3 is 5.11 Å². The molecule has 2 amide bonds. The van der Waals surface area contributed by atoms with Gasteiger partial charge in [0.2, 0.25) is 0 Å². The van der Waals surface area contributed by atoms with Crippen LogP contribution in [0.15, 0.2) is 10.5 Å². The molecule has 0 saturated carbocycles. The quantitative estimate of drug-likeness (QED) is 0.646. The molecule has 78 valence electrons. The highest BCUT2D eigenvalue weighted by atomic mass is 32.2. The number of thioether (sulfide) groups is 1. The highest BCUT2D eigenvalue weighted by Gasteiger charge is 2.32. The summed E-state index contributed by atoms with van der Waals surface area (Å²) in [4.78, 5) is 22.6. The van der Waals surface area contributed by atoms with Crippen molar-refractivity contribution >= 4 is 22.9 Å². The van der Waals surface area contributed by atoms with Crippen LogP contribution in [0.3, 0.4) is 0 Å². The third-order valence-electron chi connectivity index (χ3n) is 1.95. The van der Waals surface area contributed by atoms with Crippen molar-refractivity contribution in [1.29, 1.82) is 0 Å². The van der Waals surface area contributed by atoms with Gasteiger partial charge >= 0.3 is 0 Å². The van der Waals surface area contributed by atoms with E-state index in [1.165, 1.54) is 0 Å². The number of nitrogens with one attached hydrogen (secondary N) is 1. The maximum absolute atomic E-state index is 11.3. The molecule has 0 radical (unpaired) electrons. The lowest BCUT2D eigenvalue weighted by molar-refractivity contribution is -0.115. The molecule has 1 aliphatic heterocycles. The second kappa shape index (κ2) is 3.74. The zero-order valence-corrected chi connectivity index (χ0v) is 9.20. The van der Waals surface area contributed by atoms with E-state index in [4.69, 9.17) is 5.11 Å². The number of rotatable bonds is 1. The van der Waals surface area contributed by atoms with Crippen LogP contribution >= 0.6 is 11.8 Å². The Bertz CT molecular complexity index is 315. The van der Waals surface area contributed by atoms with Crippen LogP contribution in [0.25, 0.3) is 0 Å². The van der Waals surface area contributed by atoms with Crippen LogP contribution in [0.1, 0.15) is 20.8 Å². The van der Waals surface area contributed by atoms with E-state index in [1.54, 1.807) is 0 Å². The summed E-state index contributed by atoms with van der Waals surface area (Å²) in [5.41, 5.74) is 0.296. The van der Waals surface area contributed by atoms with Crippen LogP contribution in [-0.2, 0) is 4.79 Å². The Labute approximate surface area is 86.8 Å². The Hall–Kier alpha value is -0.810. The molecule has 0 aromatic rings. The fraction of sp³-hybridized carbons (Fsp3) is 0.556. The summed E-state index contributed by atoms with van der Waals surface area (Å²) in [5, 5.41) is 11.0. The molecule has 0 bridgehead atoms. The molecule has 0 spiro atoms. The van der Waals surface area contributed by atoms with Crippen LogP contribution in [0.4, 0.5) is 4.79 Å². The molecular weight excluding hydrogens is 202 g/mol. The van der Waals surface area contributed by atoms with Crippen LogP contribution in [0.5, 0.6) is 0 Å². The van der Waals surface area contributed by atoms with Crippen molar-refractivity contribution in [2.45, 2.75) is 20.8 Å². The van der Waals surface area contributed by atoms with Crippen molar-refractivity contribution in [3.8, 4) is 0 Å². The zero-order chi connectivity index (χ0) is 10.9. The molecule has 0 unspecified atom stereocenters. The summed E-state index contributed by atoms with van der Waals surface area (Å²) in [6.45, 7) is 5.47. The topological polar surface area (TPSA) is 66.4 Å². The Morgan fingerprint density at radius 3 is 2.29 bits per heavy atom. The van der Waals surface area contributed by atoms with Gasteiger partial charge in [0.15, 0.2) is 0 Å². The predicted molar refractivity (Wildman–Crippen MR) is 54.7 cm³/mol. The monoisotopic (exact) mass is 215 g/mol. The molecule has 1 heterocycles. The molecule has 1 saturated heterocycles. The van der Waals surface area contributed by atoms with E-state index in [9.17, 15) is 9.59 Å². The van der Waals surface area contributed by atoms with Gasteiger partial charge in [0.25, 0.3) is 11.1 Å². The summed E-state index contributed by atoms with van der Waals surface area (Å²) in [5.74, 6) is -0.404. The highest BCUT2D eigenvalue weighted by molar-refractivity contribution is 8.18. The SMILES string of the molecule is CC(C)(C)/C(CO)=C1/SC(=O)NC1=O. The number of hydrogen-bond donors (Lipinski definition) is 2. The van der Waals surface area contributed by atoms with Crippen molar-refractivity contribution in [2.75, 3.05) is 6.61 Å². The van der Waals surface area contributed by atoms with Crippen LogP contribution in [-0.4, -0.2) is 22.9 Å². The minimum atomic E-state index is -0.404. The molecule has 5 heteroatoms. The maximum atomic E-state index is 11.3. The van der Waals surface area contributed by atoms with Gasteiger partial charge in [-0.1, -0.05) is 20.8 Å². The van der Waals surface area contributed by atoms with Crippen molar-refractivity contribution < 1.29 is 14.7 Å². The first kappa shape index (κ1) is 11.3. The van der Waals surface area contributed by atoms with Crippen molar-refractivity contribution in [3.63, 3.8) is 0 Å². The molecule has 4 nitrogen and oxygen atoms in total. The van der Waals surface area contributed by atoms with E-state index in [-0.39, 0.29) is 17.3 Å². The molecule has 1 fully saturated rings. The van der Waals surface area contributed by atoms with Gasteiger partial charge in [0, 0.05) is 0 Å². The lowest BCUT2D eigenvalue weighted by atomic mass is 9.86. The third kappa shape index (κ3) is 2.16. The molecule has 1 rings (SSSR count). The number of imide groups is 1. The van der Waals surface area contributed by atoms with E-state index in [1.807, 2.05) is 20.8 Å². The molecule has 0 aliphatic carbocycles. The smallest absolute Gasteiger partial charge is 0.290 e. The standard InChI is InChI=1S/C9H13NO3S/c1-9(2,3)5(4-11)6-7(12)10-8(13)14-6/h11H,4H2,1-3H3,(H,10,12,13)/b6-5+. The Kier molecular flexibility index (Phi) is 3.01. The third-order valence-corrected chi connectivity index (χ3v) is 2.88. The van der Waals surface area contributed by atoms with Crippen LogP contribution < -0.4 is 5.32 Å². The average Bonchev–Trinajstić information content (AvgIpc) is 2.29. The van der Waals surface area contributed by atoms with Crippen molar-refractivity contribution in [3.05, 3.63) is 10.5 Å². The molecule has 2 N–H and O–H groups in total. The van der Waals surface area contributed by atoms with E-state index in [0.29, 0.717) is 10.5 Å². The minimum absolute atomic E-state index is 0.202. The van der Waals surface area contributed by atoms with Gasteiger partial charge in [0.05, 0.1) is 11.5 Å². The summed E-state index contributed by atoms with van der Waals surface area (Å²) in [7, 11) is 0. The normalized spacial score (nSPS) is 21.1. The number of carbonyl (C=O) groups excluding carboxylic acids is 2. The van der Waals surface area contributed by atoms with Gasteiger partial charge in [-0.3, -0.25) is 14.9 Å². The number of hydrogen-bond acceptors (Lipinski definition) is 4. The molecule has 14 heavy (non-hydrogen) atoms. The average molecular weight is 215 g/mol. The van der Waals surface area contributed by atoms with Crippen molar-refractivity contribution in [1.82, 2.24) is 5.32 Å². The second-order valence-corrected chi connectivity index (χ2v) is 5.04. The van der Waals surface area contributed by atoms with Gasteiger partial charge in [0.1, 0.15) is 0 Å². The molecule has 0 aromatic carbocycles. The summed E-state index contributed by atoms with van der Waals surface area (Å²) < 4.78 is 0. The Morgan fingerprint density at radius 1 is 1.43 bits per heavy atom. The molecule has 0 aromatic heterocycles. The highest BCUT2D eigenvalue weighted by Crippen LogP contribution is 2.35. The van der Waals surface area contributed by atoms with Gasteiger partial charge in [-0.05, 0) is 22.7 Å². The van der Waals surface area contributed by atoms with E-state index < -0.39 is 5.91 Å². The summed E-state index contributed by atoms with van der Waals surface area (Å²) in [6, 6.07) is 0. The Balaban J connectivity index is 3.13. The van der Waals surface area contributed by atoms with E-state index in [2.05, 4.69) is 5.32 Å². The molecule has 0 atom stereocenters. The Morgan fingerprint density at radius 2 is 2.00 bits per heavy atom. The summed E-state index contributed by atoms with van der Waals surface area (Å²) >= 11 is 0.853. The first-order valence-electron chi connectivity index (χ1n) is 4.24. The van der Waals surface area contributed by atoms with Crippen LogP contribution in [0, 0.1) is 5.41 Å². The summed E-state index contributed by atoms with van der Waals surface area (Å²) in [6.07, 6.45) is 0. The molecule has 1 aliphatic rings. The number of amides is 2. The lowest BCUT2D eigenvalue weighted by Gasteiger charge is -2.22. The predicted octanol–water partition coefficient (Wildman–Crippen LogP) is 1.26. The molecular formula is C9H13NO3S. The van der Waals surface area contributed by atoms with E-state index in [0.717, 1.165) is 11.8 Å². The second-order valence-electron chi connectivity index (χ2n) is 4.06. The first-order chi connectivity index (χ1) is 6.36.